The van der Waals surface area contributed by atoms with Gasteiger partial charge in [-0.15, -0.1) is 0 Å². The van der Waals surface area contributed by atoms with Gasteiger partial charge in [0.05, 0.1) is 111 Å². The second kappa shape index (κ2) is 34.7. The summed E-state index contributed by atoms with van der Waals surface area (Å²) < 4.78 is 72.8. The molecule has 0 saturated carbocycles. The molecule has 47 heavy (non-hydrogen) atoms. The minimum Gasteiger partial charge on any atom is -0.379 e. The van der Waals surface area contributed by atoms with Gasteiger partial charge in [-0.05, 0) is 18.6 Å². The van der Waals surface area contributed by atoms with E-state index in [9.17, 15) is 8.42 Å². The van der Waals surface area contributed by atoms with Crippen LogP contribution in [0.3, 0.4) is 0 Å². The van der Waals surface area contributed by atoms with Crippen molar-refractivity contribution in [2.24, 2.45) is 0 Å². The first-order chi connectivity index (χ1) is 23.2. The van der Waals surface area contributed by atoms with Crippen molar-refractivity contribution in [3.8, 4) is 0 Å². The minimum absolute atomic E-state index is 0.0509. The Balaban J connectivity index is 1.65. The second-order valence-corrected chi connectivity index (χ2v) is 12.6. The first kappa shape index (κ1) is 43.8. The van der Waals surface area contributed by atoms with Gasteiger partial charge in [-0.2, -0.15) is 8.42 Å². The molecule has 0 bridgehead atoms. The van der Waals surface area contributed by atoms with Crippen LogP contribution in [0.1, 0.15) is 77.6 Å². The van der Waals surface area contributed by atoms with Gasteiger partial charge in [-0.25, -0.2) is 0 Å². The zero-order valence-corrected chi connectivity index (χ0v) is 29.9. The summed E-state index contributed by atoms with van der Waals surface area (Å²) in [6, 6.07) is 8.01. The minimum atomic E-state index is -3.75. The highest BCUT2D eigenvalue weighted by molar-refractivity contribution is 7.86. The third-order valence-electron chi connectivity index (χ3n) is 6.99. The monoisotopic (exact) mass is 692 g/mol. The van der Waals surface area contributed by atoms with E-state index in [1.165, 1.54) is 76.3 Å². The van der Waals surface area contributed by atoms with Crippen molar-refractivity contribution >= 4 is 10.1 Å². The maximum Gasteiger partial charge on any atom is 0.297 e. The standard InChI is InChI=1S/C35H64O11S/c1-2-3-4-5-6-7-8-9-10-11-15-18-38-19-20-39-21-22-40-23-24-41-25-26-42-27-28-43-29-30-44-31-32-45-33-34-46-47(36,37)35-16-13-12-14-17-35/h12-14,16-17H,2-11,15,18-34H2,1H3. The normalized spacial score (nSPS) is 11.9. The van der Waals surface area contributed by atoms with Crippen LogP contribution in [-0.4, -0.2) is 121 Å². The Morgan fingerprint density at radius 2 is 0.681 bits per heavy atom. The van der Waals surface area contributed by atoms with Gasteiger partial charge >= 0.3 is 0 Å². The van der Waals surface area contributed by atoms with Crippen LogP contribution in [0.5, 0.6) is 0 Å². The average molecular weight is 693 g/mol. The van der Waals surface area contributed by atoms with E-state index >= 15 is 0 Å². The Morgan fingerprint density at radius 3 is 1.04 bits per heavy atom. The molecule has 1 aromatic rings. The summed E-state index contributed by atoms with van der Waals surface area (Å²) in [4.78, 5) is 0.127. The number of benzene rings is 1. The molecule has 0 saturated heterocycles. The predicted octanol–water partition coefficient (Wildman–Crippen LogP) is 5.84. The molecule has 0 aromatic heterocycles. The molecule has 0 aliphatic rings. The molecule has 1 rings (SSSR count). The van der Waals surface area contributed by atoms with E-state index in [-0.39, 0.29) is 18.1 Å². The summed E-state index contributed by atoms with van der Waals surface area (Å²) in [6.07, 6.45) is 14.8. The van der Waals surface area contributed by atoms with Crippen LogP contribution in [-0.2, 0) is 52.2 Å². The fourth-order valence-electron chi connectivity index (χ4n) is 4.37. The second-order valence-electron chi connectivity index (χ2n) is 11.0. The van der Waals surface area contributed by atoms with Crippen molar-refractivity contribution in [1.29, 1.82) is 0 Å². The van der Waals surface area contributed by atoms with E-state index in [0.717, 1.165) is 13.0 Å². The third-order valence-corrected chi connectivity index (χ3v) is 8.32. The van der Waals surface area contributed by atoms with Gasteiger partial charge in [0.15, 0.2) is 0 Å². The summed E-state index contributed by atoms with van der Waals surface area (Å²) in [7, 11) is -3.75. The molecule has 0 atom stereocenters. The van der Waals surface area contributed by atoms with Gasteiger partial charge in [0, 0.05) is 6.61 Å². The van der Waals surface area contributed by atoms with Crippen LogP contribution < -0.4 is 0 Å². The molecule has 276 valence electrons. The first-order valence-corrected chi connectivity index (χ1v) is 19.1. The zero-order chi connectivity index (χ0) is 33.8. The Labute approximate surface area is 285 Å². The highest BCUT2D eigenvalue weighted by Crippen LogP contribution is 2.12. The van der Waals surface area contributed by atoms with Gasteiger partial charge in [0.1, 0.15) is 0 Å². The molecule has 0 N–H and O–H groups in total. The van der Waals surface area contributed by atoms with Crippen molar-refractivity contribution < 1.29 is 50.5 Å². The Bertz CT molecular complexity index is 858. The molecular weight excluding hydrogens is 628 g/mol. The molecule has 0 aliphatic carbocycles. The van der Waals surface area contributed by atoms with E-state index in [4.69, 9.17) is 42.1 Å². The molecule has 0 unspecified atom stereocenters. The lowest BCUT2D eigenvalue weighted by Crippen LogP contribution is -2.15. The summed E-state index contributed by atoms with van der Waals surface area (Å²) in [5.74, 6) is 0. The third kappa shape index (κ3) is 30.6. The topological polar surface area (TPSA) is 117 Å². The fraction of sp³-hybridized carbons (Fsp3) is 0.829. The van der Waals surface area contributed by atoms with Gasteiger partial charge < -0.3 is 37.9 Å². The molecule has 0 radical (unpaired) electrons. The van der Waals surface area contributed by atoms with Gasteiger partial charge in [-0.1, -0.05) is 89.3 Å². The molecule has 0 amide bonds. The maximum absolute atomic E-state index is 12.0. The lowest BCUT2D eigenvalue weighted by molar-refractivity contribution is -0.0236. The summed E-state index contributed by atoms with van der Waals surface area (Å²) >= 11 is 0. The van der Waals surface area contributed by atoms with Crippen LogP contribution in [0.4, 0.5) is 0 Å². The van der Waals surface area contributed by atoms with Crippen molar-refractivity contribution in [2.45, 2.75) is 82.4 Å². The number of unbranched alkanes of at least 4 members (excludes halogenated alkanes) is 10. The highest BCUT2D eigenvalue weighted by atomic mass is 32.2. The van der Waals surface area contributed by atoms with E-state index in [2.05, 4.69) is 6.92 Å². The van der Waals surface area contributed by atoms with Crippen molar-refractivity contribution in [3.63, 3.8) is 0 Å². The van der Waals surface area contributed by atoms with Gasteiger partial charge in [0.2, 0.25) is 0 Å². The smallest absolute Gasteiger partial charge is 0.297 e. The molecule has 12 heteroatoms. The van der Waals surface area contributed by atoms with E-state index in [0.29, 0.717) is 92.5 Å². The summed E-state index contributed by atoms with van der Waals surface area (Å²) in [5, 5.41) is 0. The van der Waals surface area contributed by atoms with Gasteiger partial charge in [0.25, 0.3) is 10.1 Å². The van der Waals surface area contributed by atoms with E-state index in [1.54, 1.807) is 18.2 Å². The molecule has 0 fully saturated rings. The van der Waals surface area contributed by atoms with Crippen molar-refractivity contribution in [2.75, 3.05) is 112 Å². The van der Waals surface area contributed by atoms with E-state index < -0.39 is 10.1 Å². The average Bonchev–Trinajstić information content (AvgIpc) is 3.08. The van der Waals surface area contributed by atoms with E-state index in [1.807, 2.05) is 0 Å². The first-order valence-electron chi connectivity index (χ1n) is 17.7. The molecule has 1 aromatic carbocycles. The highest BCUT2D eigenvalue weighted by Gasteiger charge is 2.13. The molecule has 11 nitrogen and oxygen atoms in total. The lowest BCUT2D eigenvalue weighted by atomic mass is 10.1. The van der Waals surface area contributed by atoms with Gasteiger partial charge in [-0.3, -0.25) is 4.18 Å². The molecular formula is C35H64O11S. The molecule has 0 aliphatic heterocycles. The fourth-order valence-corrected chi connectivity index (χ4v) is 5.28. The summed E-state index contributed by atoms with van der Waals surface area (Å²) in [6.45, 7) is 10.1. The Kier molecular flexibility index (Phi) is 32.3. The van der Waals surface area contributed by atoms with Crippen LogP contribution in [0.25, 0.3) is 0 Å². The number of rotatable bonds is 38. The SMILES string of the molecule is CCCCCCCCCCCCCOCCOCCOCCOCCOCCOCCOCCOCCOS(=O)(=O)c1ccccc1. The Hall–Kier alpha value is -1.19. The van der Waals surface area contributed by atoms with Crippen LogP contribution in [0, 0.1) is 0 Å². The maximum atomic E-state index is 12.0. The molecule has 0 heterocycles. The zero-order valence-electron chi connectivity index (χ0n) is 29.1. The lowest BCUT2D eigenvalue weighted by Gasteiger charge is -2.09. The van der Waals surface area contributed by atoms with Crippen LogP contribution in [0.15, 0.2) is 35.2 Å². The molecule has 0 spiro atoms. The largest absolute Gasteiger partial charge is 0.379 e. The van der Waals surface area contributed by atoms with Crippen molar-refractivity contribution in [1.82, 2.24) is 0 Å². The predicted molar refractivity (Wildman–Crippen MR) is 183 cm³/mol. The Morgan fingerprint density at radius 1 is 0.383 bits per heavy atom. The van der Waals surface area contributed by atoms with Crippen LogP contribution >= 0.6 is 0 Å². The number of hydrogen-bond acceptors (Lipinski definition) is 11. The van der Waals surface area contributed by atoms with Crippen LogP contribution in [0.2, 0.25) is 0 Å². The number of hydrogen-bond donors (Lipinski definition) is 0. The number of ether oxygens (including phenoxy) is 8. The van der Waals surface area contributed by atoms with Crippen molar-refractivity contribution in [3.05, 3.63) is 30.3 Å². The quantitative estimate of drug-likeness (QED) is 0.0615. The summed E-state index contributed by atoms with van der Waals surface area (Å²) in [5.41, 5.74) is 0.